The molecule has 0 unspecified atom stereocenters. The van der Waals surface area contributed by atoms with Gasteiger partial charge in [-0.1, -0.05) is 44.2 Å². The SMILES string of the molecule is COC1=C[C@H](c2ccccc2)[C@@H](C(C)C)[C@@H]1N1CCCC1. The Morgan fingerprint density at radius 2 is 1.76 bits per heavy atom. The summed E-state index contributed by atoms with van der Waals surface area (Å²) in [6.07, 6.45) is 5.03. The summed E-state index contributed by atoms with van der Waals surface area (Å²) in [6, 6.07) is 11.4. The molecule has 3 rings (SSSR count). The van der Waals surface area contributed by atoms with E-state index >= 15 is 0 Å². The van der Waals surface area contributed by atoms with Gasteiger partial charge >= 0.3 is 0 Å². The van der Waals surface area contributed by atoms with Crippen LogP contribution in [0.4, 0.5) is 0 Å². The van der Waals surface area contributed by atoms with E-state index in [1.165, 1.54) is 37.3 Å². The van der Waals surface area contributed by atoms with Gasteiger partial charge in [-0.05, 0) is 49.4 Å². The summed E-state index contributed by atoms with van der Waals surface area (Å²) in [6.45, 7) is 7.15. The highest BCUT2D eigenvalue weighted by molar-refractivity contribution is 5.33. The van der Waals surface area contributed by atoms with Crippen LogP contribution in [-0.4, -0.2) is 31.1 Å². The summed E-state index contributed by atoms with van der Waals surface area (Å²) < 4.78 is 5.79. The third-order valence-corrected chi connectivity index (χ3v) is 5.14. The predicted octanol–water partition coefficient (Wildman–Crippen LogP) is 4.05. The molecule has 1 aliphatic heterocycles. The van der Waals surface area contributed by atoms with Crippen molar-refractivity contribution in [1.29, 1.82) is 0 Å². The fourth-order valence-corrected chi connectivity index (χ4v) is 4.18. The second kappa shape index (κ2) is 6.23. The van der Waals surface area contributed by atoms with Gasteiger partial charge in [-0.15, -0.1) is 0 Å². The van der Waals surface area contributed by atoms with E-state index in [0.717, 1.165) is 0 Å². The molecule has 0 saturated carbocycles. The van der Waals surface area contributed by atoms with Crippen LogP contribution in [0.5, 0.6) is 0 Å². The fraction of sp³-hybridized carbons (Fsp3) is 0.579. The second-order valence-corrected chi connectivity index (χ2v) is 6.72. The summed E-state index contributed by atoms with van der Waals surface area (Å²) in [7, 11) is 1.83. The molecule has 0 aromatic heterocycles. The van der Waals surface area contributed by atoms with E-state index in [0.29, 0.717) is 23.8 Å². The zero-order chi connectivity index (χ0) is 14.8. The quantitative estimate of drug-likeness (QED) is 0.827. The fourth-order valence-electron chi connectivity index (χ4n) is 4.18. The molecule has 0 radical (unpaired) electrons. The molecular formula is C19H27NO. The first-order valence-corrected chi connectivity index (χ1v) is 8.27. The highest BCUT2D eigenvalue weighted by atomic mass is 16.5. The number of hydrogen-bond acceptors (Lipinski definition) is 2. The van der Waals surface area contributed by atoms with Gasteiger partial charge in [-0.25, -0.2) is 0 Å². The number of nitrogens with zero attached hydrogens (tertiary/aromatic N) is 1. The molecular weight excluding hydrogens is 258 g/mol. The molecule has 1 aliphatic carbocycles. The van der Waals surface area contributed by atoms with Gasteiger partial charge in [-0.2, -0.15) is 0 Å². The number of methoxy groups -OCH3 is 1. The van der Waals surface area contributed by atoms with Crippen molar-refractivity contribution in [3.8, 4) is 0 Å². The Morgan fingerprint density at radius 1 is 1.10 bits per heavy atom. The van der Waals surface area contributed by atoms with E-state index in [-0.39, 0.29) is 0 Å². The van der Waals surface area contributed by atoms with E-state index in [9.17, 15) is 0 Å². The zero-order valence-electron chi connectivity index (χ0n) is 13.5. The predicted molar refractivity (Wildman–Crippen MR) is 87.2 cm³/mol. The van der Waals surface area contributed by atoms with Gasteiger partial charge in [0, 0.05) is 5.92 Å². The minimum atomic E-state index is 0.461. The van der Waals surface area contributed by atoms with Crippen molar-refractivity contribution < 1.29 is 4.74 Å². The number of benzene rings is 1. The van der Waals surface area contributed by atoms with Crippen LogP contribution in [0.15, 0.2) is 42.2 Å². The van der Waals surface area contributed by atoms with Gasteiger partial charge in [0.2, 0.25) is 0 Å². The van der Waals surface area contributed by atoms with Crippen LogP contribution >= 0.6 is 0 Å². The maximum atomic E-state index is 5.79. The number of likely N-dealkylation sites (tertiary alicyclic amines) is 1. The summed E-state index contributed by atoms with van der Waals surface area (Å²) >= 11 is 0. The topological polar surface area (TPSA) is 12.5 Å². The molecule has 1 fully saturated rings. The summed E-state index contributed by atoms with van der Waals surface area (Å²) in [4.78, 5) is 2.64. The molecule has 2 aliphatic rings. The van der Waals surface area contributed by atoms with Gasteiger partial charge in [0.05, 0.1) is 13.2 Å². The lowest BCUT2D eigenvalue weighted by Gasteiger charge is -2.35. The van der Waals surface area contributed by atoms with Crippen molar-refractivity contribution in [3.63, 3.8) is 0 Å². The zero-order valence-corrected chi connectivity index (χ0v) is 13.5. The van der Waals surface area contributed by atoms with Crippen LogP contribution < -0.4 is 0 Å². The van der Waals surface area contributed by atoms with E-state index < -0.39 is 0 Å². The van der Waals surface area contributed by atoms with Gasteiger partial charge < -0.3 is 4.74 Å². The lowest BCUT2D eigenvalue weighted by atomic mass is 9.79. The van der Waals surface area contributed by atoms with Crippen molar-refractivity contribution in [3.05, 3.63) is 47.7 Å². The summed E-state index contributed by atoms with van der Waals surface area (Å²) in [5, 5.41) is 0. The monoisotopic (exact) mass is 285 g/mol. The van der Waals surface area contributed by atoms with Gasteiger partial charge in [-0.3, -0.25) is 4.90 Å². The van der Waals surface area contributed by atoms with Crippen molar-refractivity contribution in [1.82, 2.24) is 4.90 Å². The maximum Gasteiger partial charge on any atom is 0.110 e. The summed E-state index contributed by atoms with van der Waals surface area (Å²) in [5.74, 6) is 2.92. The Labute approximate surface area is 128 Å². The molecule has 21 heavy (non-hydrogen) atoms. The van der Waals surface area contributed by atoms with Crippen LogP contribution in [-0.2, 0) is 4.74 Å². The van der Waals surface area contributed by atoms with Crippen LogP contribution in [0.2, 0.25) is 0 Å². The van der Waals surface area contributed by atoms with Gasteiger partial charge in [0.1, 0.15) is 5.76 Å². The number of allylic oxidation sites excluding steroid dienone is 1. The third-order valence-electron chi connectivity index (χ3n) is 5.14. The van der Waals surface area contributed by atoms with E-state index in [1.807, 2.05) is 7.11 Å². The van der Waals surface area contributed by atoms with Crippen molar-refractivity contribution in [2.75, 3.05) is 20.2 Å². The Kier molecular flexibility index (Phi) is 4.34. The molecule has 0 spiro atoms. The third kappa shape index (κ3) is 2.74. The summed E-state index contributed by atoms with van der Waals surface area (Å²) in [5.41, 5.74) is 1.42. The lowest BCUT2D eigenvalue weighted by Crippen LogP contribution is -2.41. The molecule has 2 nitrogen and oxygen atoms in total. The van der Waals surface area contributed by atoms with Gasteiger partial charge in [0.15, 0.2) is 0 Å². The molecule has 0 amide bonds. The van der Waals surface area contributed by atoms with Crippen LogP contribution in [0.1, 0.15) is 38.2 Å². The molecule has 1 saturated heterocycles. The van der Waals surface area contributed by atoms with Crippen molar-refractivity contribution in [2.24, 2.45) is 11.8 Å². The average Bonchev–Trinajstić information content (AvgIpc) is 3.14. The molecule has 1 aromatic carbocycles. The first kappa shape index (κ1) is 14.6. The van der Waals surface area contributed by atoms with E-state index in [2.05, 4.69) is 55.2 Å². The highest BCUT2D eigenvalue weighted by Gasteiger charge is 2.44. The Bertz CT molecular complexity index is 488. The van der Waals surface area contributed by atoms with E-state index in [1.54, 1.807) is 0 Å². The van der Waals surface area contributed by atoms with Crippen molar-refractivity contribution >= 4 is 0 Å². The Balaban J connectivity index is 1.95. The molecule has 1 heterocycles. The largest absolute Gasteiger partial charge is 0.500 e. The number of rotatable bonds is 4. The standard InChI is InChI=1S/C19H27NO/c1-14(2)18-16(15-9-5-4-6-10-15)13-17(21-3)19(18)20-11-7-8-12-20/h4-6,9-10,13-14,16,18-19H,7-8,11-12H2,1-3H3/t16-,18-,19-/m1/s1. The molecule has 0 N–H and O–H groups in total. The van der Waals surface area contributed by atoms with Crippen LogP contribution in [0.25, 0.3) is 0 Å². The second-order valence-electron chi connectivity index (χ2n) is 6.72. The van der Waals surface area contributed by atoms with Crippen molar-refractivity contribution in [2.45, 2.75) is 38.6 Å². The Hall–Kier alpha value is -1.28. The van der Waals surface area contributed by atoms with Crippen LogP contribution in [0.3, 0.4) is 0 Å². The lowest BCUT2D eigenvalue weighted by molar-refractivity contribution is 0.121. The normalized spacial score (nSPS) is 29.9. The highest BCUT2D eigenvalue weighted by Crippen LogP contribution is 2.45. The van der Waals surface area contributed by atoms with Crippen LogP contribution in [0, 0.1) is 11.8 Å². The molecule has 0 bridgehead atoms. The molecule has 114 valence electrons. The first-order valence-electron chi connectivity index (χ1n) is 8.27. The maximum absolute atomic E-state index is 5.79. The number of hydrogen-bond donors (Lipinski definition) is 0. The smallest absolute Gasteiger partial charge is 0.110 e. The number of ether oxygens (including phenoxy) is 1. The minimum absolute atomic E-state index is 0.461. The van der Waals surface area contributed by atoms with E-state index in [4.69, 9.17) is 4.74 Å². The van der Waals surface area contributed by atoms with Gasteiger partial charge in [0.25, 0.3) is 0 Å². The minimum Gasteiger partial charge on any atom is -0.500 e. The average molecular weight is 285 g/mol. The molecule has 2 heteroatoms. The Morgan fingerprint density at radius 3 is 2.33 bits per heavy atom. The first-order chi connectivity index (χ1) is 10.2. The molecule has 3 atom stereocenters. The molecule has 1 aromatic rings.